The maximum absolute atomic E-state index is 12.3. The zero-order valence-electron chi connectivity index (χ0n) is 7.93. The number of hydroxylamine groups is 1. The lowest BCUT2D eigenvalue weighted by Crippen LogP contribution is -2.50. The van der Waals surface area contributed by atoms with Gasteiger partial charge in [0.2, 0.25) is 0 Å². The van der Waals surface area contributed by atoms with Crippen molar-refractivity contribution in [2.24, 2.45) is 0 Å². The molecule has 81 valence electrons. The summed E-state index contributed by atoms with van der Waals surface area (Å²) in [5, 5.41) is 0. The van der Waals surface area contributed by atoms with Crippen LogP contribution < -0.4 is 5.48 Å². The molecule has 1 aliphatic heterocycles. The molecule has 1 unspecified atom stereocenters. The Labute approximate surface area is 85.0 Å². The van der Waals surface area contributed by atoms with Crippen molar-refractivity contribution in [3.63, 3.8) is 0 Å². The van der Waals surface area contributed by atoms with Crippen LogP contribution in [0.4, 0.5) is 13.2 Å². The molecule has 1 aliphatic rings. The highest BCUT2D eigenvalue weighted by Gasteiger charge is 2.37. The van der Waals surface area contributed by atoms with Crippen LogP contribution in [0.15, 0.2) is 24.3 Å². The van der Waals surface area contributed by atoms with Gasteiger partial charge in [-0.15, -0.1) is 0 Å². The van der Waals surface area contributed by atoms with E-state index in [4.69, 9.17) is 4.84 Å². The molecule has 5 heteroatoms. The summed E-state index contributed by atoms with van der Waals surface area (Å²) in [7, 11) is 0. The van der Waals surface area contributed by atoms with Crippen LogP contribution in [-0.4, -0.2) is 0 Å². The second-order valence-electron chi connectivity index (χ2n) is 3.62. The van der Waals surface area contributed by atoms with Gasteiger partial charge in [-0.25, -0.2) is 0 Å². The molecule has 1 fully saturated rings. The van der Waals surface area contributed by atoms with Gasteiger partial charge < -0.3 is 0 Å². The molecule has 0 saturated carbocycles. The molecule has 1 aromatic rings. The first kappa shape index (κ1) is 10.4. The number of benzene rings is 1. The Morgan fingerprint density at radius 2 is 1.73 bits per heavy atom. The minimum Gasteiger partial charge on any atom is -0.292 e. The average Bonchev–Trinajstić information content (AvgIpc) is 2.13. The van der Waals surface area contributed by atoms with Crippen molar-refractivity contribution in [3.05, 3.63) is 42.0 Å². The smallest absolute Gasteiger partial charge is 0.292 e. The summed E-state index contributed by atoms with van der Waals surface area (Å²) in [5.41, 5.74) is 2.27. The van der Waals surface area contributed by atoms with E-state index in [0.29, 0.717) is 0 Å². The van der Waals surface area contributed by atoms with Crippen molar-refractivity contribution in [1.29, 1.82) is 0 Å². The maximum Gasteiger partial charge on any atom is 0.416 e. The van der Waals surface area contributed by atoms with E-state index in [1.54, 1.807) is 0 Å². The molecule has 2 rings (SSSR count). The lowest BCUT2D eigenvalue weighted by molar-refractivity contribution is -0.137. The van der Waals surface area contributed by atoms with Crippen LogP contribution >= 0.6 is 0 Å². The zero-order valence-corrected chi connectivity index (χ0v) is 7.93. The number of hydrogen-bond acceptors (Lipinski definition) is 2. The predicted octanol–water partition coefficient (Wildman–Crippen LogP) is 2.62. The summed E-state index contributed by atoms with van der Waals surface area (Å²) < 4.78 is 36.8. The molecule has 1 saturated heterocycles. The summed E-state index contributed by atoms with van der Waals surface area (Å²) in [6, 6.07) is 5.01. The minimum absolute atomic E-state index is 0.482. The van der Waals surface area contributed by atoms with Crippen LogP contribution in [-0.2, 0) is 16.6 Å². The second kappa shape index (κ2) is 3.21. The third-order valence-corrected chi connectivity index (χ3v) is 2.38. The molecule has 0 bridgehead atoms. The fraction of sp³-hybridized carbons (Fsp3) is 0.300. The van der Waals surface area contributed by atoms with Crippen LogP contribution in [0.3, 0.4) is 0 Å². The topological polar surface area (TPSA) is 21.3 Å². The van der Waals surface area contributed by atoms with Crippen molar-refractivity contribution in [1.82, 2.24) is 5.48 Å². The highest BCUT2D eigenvalue weighted by atomic mass is 19.4. The van der Waals surface area contributed by atoms with Crippen LogP contribution in [0, 0.1) is 6.61 Å². The Balaban J connectivity index is 2.24. The Morgan fingerprint density at radius 3 is 2.07 bits per heavy atom. The predicted molar refractivity (Wildman–Crippen MR) is 47.3 cm³/mol. The minimum atomic E-state index is -4.29. The van der Waals surface area contributed by atoms with Crippen LogP contribution in [0.2, 0.25) is 0 Å². The molecule has 1 N–H and O–H groups in total. The van der Waals surface area contributed by atoms with Crippen molar-refractivity contribution < 1.29 is 18.0 Å². The van der Waals surface area contributed by atoms with Gasteiger partial charge in [-0.2, -0.15) is 18.7 Å². The Morgan fingerprint density at radius 1 is 1.20 bits per heavy atom. The zero-order chi connectivity index (χ0) is 11.1. The largest absolute Gasteiger partial charge is 0.416 e. The van der Waals surface area contributed by atoms with Gasteiger partial charge in [-0.1, -0.05) is 12.1 Å². The van der Waals surface area contributed by atoms with E-state index in [0.717, 1.165) is 17.7 Å². The normalized spacial score (nSPS) is 26.1. The molecule has 15 heavy (non-hydrogen) atoms. The van der Waals surface area contributed by atoms with E-state index in [1.807, 2.05) is 6.92 Å². The van der Waals surface area contributed by atoms with E-state index < -0.39 is 17.3 Å². The molecule has 2 nitrogen and oxygen atoms in total. The summed E-state index contributed by atoms with van der Waals surface area (Å²) in [6.07, 6.45) is -4.29. The van der Waals surface area contributed by atoms with Gasteiger partial charge in [0.1, 0.15) is 6.61 Å². The maximum atomic E-state index is 12.3. The van der Waals surface area contributed by atoms with Crippen molar-refractivity contribution in [2.45, 2.75) is 18.6 Å². The van der Waals surface area contributed by atoms with Gasteiger partial charge in [0.25, 0.3) is 0 Å². The Hall–Kier alpha value is -1.07. The SMILES string of the molecule is CC1(c2ccc(C(F)(F)F)cc2)[CH]ON1. The first-order valence-electron chi connectivity index (χ1n) is 4.37. The van der Waals surface area contributed by atoms with Gasteiger partial charge in [0.05, 0.1) is 11.1 Å². The second-order valence-corrected chi connectivity index (χ2v) is 3.62. The third-order valence-electron chi connectivity index (χ3n) is 2.38. The molecule has 1 atom stereocenters. The van der Waals surface area contributed by atoms with Crippen LogP contribution in [0.25, 0.3) is 0 Å². The molecule has 1 radical (unpaired) electrons. The quantitative estimate of drug-likeness (QED) is 0.779. The molecule has 1 aromatic carbocycles. The third kappa shape index (κ3) is 1.85. The first-order chi connectivity index (χ1) is 6.92. The molecule has 0 spiro atoms. The van der Waals surface area contributed by atoms with Crippen molar-refractivity contribution in [3.8, 4) is 0 Å². The monoisotopic (exact) mass is 216 g/mol. The highest BCUT2D eigenvalue weighted by Crippen LogP contribution is 2.34. The summed E-state index contributed by atoms with van der Waals surface area (Å²) in [4.78, 5) is 4.69. The molecular formula is C10H9F3NO. The molecule has 0 aliphatic carbocycles. The Bertz CT molecular complexity index is 354. The summed E-state index contributed by atoms with van der Waals surface area (Å²) >= 11 is 0. The fourth-order valence-corrected chi connectivity index (χ4v) is 1.37. The van der Waals surface area contributed by atoms with Crippen LogP contribution in [0.1, 0.15) is 18.1 Å². The standard InChI is InChI=1S/C10H9F3NO/c1-9(6-15-14-9)7-2-4-8(5-3-7)10(11,12)13/h2-6,14H,1H3. The molecule has 0 amide bonds. The molecule has 1 heterocycles. The number of alkyl halides is 3. The average molecular weight is 216 g/mol. The van der Waals surface area contributed by atoms with E-state index >= 15 is 0 Å². The highest BCUT2D eigenvalue weighted by molar-refractivity contribution is 5.31. The van der Waals surface area contributed by atoms with Gasteiger partial charge in [0.15, 0.2) is 0 Å². The fourth-order valence-electron chi connectivity index (χ4n) is 1.37. The summed E-state index contributed by atoms with van der Waals surface area (Å²) in [5.74, 6) is 0. The van der Waals surface area contributed by atoms with Crippen LogP contribution in [0.5, 0.6) is 0 Å². The number of hydrogen-bond donors (Lipinski definition) is 1. The number of nitrogens with one attached hydrogen (secondary N) is 1. The lowest BCUT2D eigenvalue weighted by atomic mass is 9.91. The lowest BCUT2D eigenvalue weighted by Gasteiger charge is -2.38. The van der Waals surface area contributed by atoms with Crippen molar-refractivity contribution >= 4 is 0 Å². The molecule has 0 aromatic heterocycles. The molecular weight excluding hydrogens is 207 g/mol. The number of rotatable bonds is 1. The van der Waals surface area contributed by atoms with E-state index in [-0.39, 0.29) is 0 Å². The Kier molecular flexibility index (Phi) is 2.24. The van der Waals surface area contributed by atoms with Gasteiger partial charge in [0, 0.05) is 0 Å². The van der Waals surface area contributed by atoms with E-state index in [2.05, 4.69) is 5.48 Å². The summed E-state index contributed by atoms with van der Waals surface area (Å²) in [6.45, 7) is 3.36. The van der Waals surface area contributed by atoms with Gasteiger partial charge in [-0.3, -0.25) is 4.84 Å². The van der Waals surface area contributed by atoms with Gasteiger partial charge >= 0.3 is 6.18 Å². The van der Waals surface area contributed by atoms with Crippen molar-refractivity contribution in [2.75, 3.05) is 0 Å². The van der Waals surface area contributed by atoms with E-state index in [9.17, 15) is 13.2 Å². The van der Waals surface area contributed by atoms with Gasteiger partial charge in [-0.05, 0) is 24.6 Å². The number of halogens is 3. The first-order valence-corrected chi connectivity index (χ1v) is 4.37. The van der Waals surface area contributed by atoms with E-state index in [1.165, 1.54) is 18.7 Å².